The summed E-state index contributed by atoms with van der Waals surface area (Å²) >= 11 is 0. The lowest BCUT2D eigenvalue weighted by Crippen LogP contribution is -2.54. The lowest BCUT2D eigenvalue weighted by Gasteiger charge is -2.35. The van der Waals surface area contributed by atoms with E-state index < -0.39 is 35.5 Å². The van der Waals surface area contributed by atoms with E-state index >= 15 is 0 Å². The molecule has 4 fully saturated rings. The van der Waals surface area contributed by atoms with Crippen LogP contribution in [0.1, 0.15) is 143 Å². The van der Waals surface area contributed by atoms with Crippen LogP contribution in [0.3, 0.4) is 0 Å². The zero-order valence-electron chi connectivity index (χ0n) is 42.4. The molecule has 13 nitrogen and oxygen atoms in total. The Morgan fingerprint density at radius 2 is 0.942 bits per heavy atom. The van der Waals surface area contributed by atoms with Crippen molar-refractivity contribution in [3.8, 4) is 0 Å². The highest BCUT2D eigenvalue weighted by atomic mass is 16.6. The highest BCUT2D eigenvalue weighted by Crippen LogP contribution is 2.34. The molecule has 4 aromatic rings. The number of amides is 4. The van der Waals surface area contributed by atoms with Crippen LogP contribution >= 0.6 is 0 Å². The fourth-order valence-electron chi connectivity index (χ4n) is 11.9. The quantitative estimate of drug-likeness (QED) is 0.107. The molecule has 2 N–H and O–H groups in total. The van der Waals surface area contributed by atoms with Crippen molar-refractivity contribution in [2.75, 3.05) is 26.3 Å². The van der Waals surface area contributed by atoms with Gasteiger partial charge in [0.15, 0.2) is 0 Å². The molecule has 0 bridgehead atoms. The molecule has 4 atom stereocenters. The summed E-state index contributed by atoms with van der Waals surface area (Å²) in [6.45, 7) is 15.0. The highest BCUT2D eigenvalue weighted by Gasteiger charge is 2.41. The topological polar surface area (TPSA) is 136 Å². The van der Waals surface area contributed by atoms with E-state index in [2.05, 4.69) is 80.7 Å². The van der Waals surface area contributed by atoms with Gasteiger partial charge in [0.05, 0.1) is 13.2 Å². The minimum absolute atomic E-state index is 0.0262. The maximum Gasteiger partial charge on any atom is 0.408 e. The molecule has 2 aromatic heterocycles. The van der Waals surface area contributed by atoms with Gasteiger partial charge in [0.2, 0.25) is 11.8 Å². The molecule has 8 rings (SSSR count). The molecule has 4 unspecified atom stereocenters. The lowest BCUT2D eigenvalue weighted by molar-refractivity contribution is -0.136. The highest BCUT2D eigenvalue weighted by molar-refractivity contribution is 5.88. The Balaban J connectivity index is 0.888. The molecule has 2 saturated carbocycles. The summed E-state index contributed by atoms with van der Waals surface area (Å²) in [5.74, 6) is 0.277. The first kappa shape index (κ1) is 50.4. The van der Waals surface area contributed by atoms with Crippen LogP contribution in [0.4, 0.5) is 9.59 Å². The number of hydrogen-bond donors (Lipinski definition) is 2. The SMILES string of the molecule is CC(C)(C)OC(=O)NC(C(=O)N1CCCC1Cc1cn(CCOCCn2cc(CC3CCCN3C(=O)C(NC(=O)OC(C)(C)C)C3CCCCC3)c3ccccc32)c2ccccc12)C1CCCCC1. The Kier molecular flexibility index (Phi) is 16.3. The Labute approximate surface area is 410 Å². The van der Waals surface area contributed by atoms with Crippen molar-refractivity contribution in [3.05, 3.63) is 72.1 Å². The van der Waals surface area contributed by atoms with E-state index in [1.165, 1.54) is 34.7 Å². The largest absolute Gasteiger partial charge is 0.444 e. The number of nitrogens with one attached hydrogen (secondary N) is 2. The van der Waals surface area contributed by atoms with Crippen molar-refractivity contribution in [2.45, 2.75) is 193 Å². The van der Waals surface area contributed by atoms with Gasteiger partial charge >= 0.3 is 12.2 Å². The fourth-order valence-corrected chi connectivity index (χ4v) is 11.9. The van der Waals surface area contributed by atoms with Gasteiger partial charge in [0.1, 0.15) is 23.3 Å². The van der Waals surface area contributed by atoms with Gasteiger partial charge in [-0.05, 0) is 141 Å². The Morgan fingerprint density at radius 1 is 0.551 bits per heavy atom. The van der Waals surface area contributed by atoms with Crippen molar-refractivity contribution in [2.24, 2.45) is 11.8 Å². The number of hydrogen-bond acceptors (Lipinski definition) is 7. The average Bonchev–Trinajstić information content (AvgIpc) is 4.13. The normalized spacial score (nSPS) is 20.6. The lowest BCUT2D eigenvalue weighted by atomic mass is 9.83. The van der Waals surface area contributed by atoms with Gasteiger partial charge in [-0.1, -0.05) is 74.9 Å². The number of ether oxygens (including phenoxy) is 3. The van der Waals surface area contributed by atoms with Crippen molar-refractivity contribution in [3.63, 3.8) is 0 Å². The van der Waals surface area contributed by atoms with Crippen molar-refractivity contribution < 1.29 is 33.4 Å². The minimum Gasteiger partial charge on any atom is -0.444 e. The van der Waals surface area contributed by atoms with Crippen molar-refractivity contribution >= 4 is 45.8 Å². The molecule has 4 heterocycles. The summed E-state index contributed by atoms with van der Waals surface area (Å²) in [7, 11) is 0. The molecule has 4 amide bonds. The smallest absolute Gasteiger partial charge is 0.408 e. The third kappa shape index (κ3) is 12.8. The number of benzene rings is 2. The maximum absolute atomic E-state index is 14.4. The summed E-state index contributed by atoms with van der Waals surface area (Å²) in [5, 5.41) is 8.47. The van der Waals surface area contributed by atoms with Crippen molar-refractivity contribution in [1.29, 1.82) is 0 Å². The second kappa shape index (κ2) is 22.4. The predicted molar refractivity (Wildman–Crippen MR) is 271 cm³/mol. The number of fused-ring (bicyclic) bond motifs is 2. The van der Waals surface area contributed by atoms with Gasteiger partial charge in [-0.15, -0.1) is 0 Å². The zero-order valence-corrected chi connectivity index (χ0v) is 42.4. The van der Waals surface area contributed by atoms with E-state index in [1.807, 2.05) is 51.3 Å². The van der Waals surface area contributed by atoms with Crippen LogP contribution in [0.25, 0.3) is 21.8 Å². The number of para-hydroxylation sites is 2. The molecule has 13 heteroatoms. The van der Waals surface area contributed by atoms with Crippen LogP contribution in [0.5, 0.6) is 0 Å². The number of likely N-dealkylation sites (tertiary alicyclic amines) is 2. The standard InChI is InChI=1S/C56H80N6O7/c1-55(2,3)68-53(65)57-49(39-19-9-7-10-20-39)51(63)61-29-17-23-43(61)35-41-37-59(47-27-15-13-25-45(41)47)31-33-67-34-32-60-38-42(46-26-14-16-28-48(46)60)36-44-24-18-30-62(44)52(64)50(40-21-11-8-12-22-40)58-54(66)69-56(4,5)6/h13-16,25-28,37-40,43-44,49-50H,7-12,17-24,29-36H2,1-6H3,(H,57,65)(H,58,66). The third-order valence-corrected chi connectivity index (χ3v) is 15.0. The van der Waals surface area contributed by atoms with Crippen LogP contribution in [0.15, 0.2) is 60.9 Å². The second-order valence-corrected chi connectivity index (χ2v) is 22.4. The van der Waals surface area contributed by atoms with Gasteiger partial charge in [0.25, 0.3) is 0 Å². The number of nitrogens with zero attached hydrogens (tertiary/aromatic N) is 4. The molecule has 2 aromatic carbocycles. The summed E-state index contributed by atoms with van der Waals surface area (Å²) in [4.78, 5) is 59.1. The van der Waals surface area contributed by atoms with E-state index in [-0.39, 0.29) is 35.7 Å². The third-order valence-electron chi connectivity index (χ3n) is 15.0. The van der Waals surface area contributed by atoms with Crippen LogP contribution in [-0.2, 0) is 49.7 Å². The minimum atomic E-state index is -0.644. The average molecular weight is 949 g/mol. The predicted octanol–water partition coefficient (Wildman–Crippen LogP) is 10.3. The summed E-state index contributed by atoms with van der Waals surface area (Å²) in [5.41, 5.74) is 3.48. The number of carbonyl (C=O) groups is 4. The molecule has 4 aliphatic rings. The summed E-state index contributed by atoms with van der Waals surface area (Å²) in [6.07, 6.45) is 19.1. The van der Waals surface area contributed by atoms with Crippen LogP contribution in [-0.4, -0.2) is 105 Å². The molecular formula is C56H80N6O7. The molecule has 2 aliphatic carbocycles. The number of alkyl carbamates (subject to hydrolysis) is 2. The fraction of sp³-hybridized carbons (Fsp3) is 0.643. The molecule has 0 radical (unpaired) electrons. The van der Waals surface area contributed by atoms with E-state index in [0.717, 1.165) is 101 Å². The monoisotopic (exact) mass is 949 g/mol. The van der Waals surface area contributed by atoms with E-state index in [4.69, 9.17) is 14.2 Å². The summed E-state index contributed by atoms with van der Waals surface area (Å²) in [6, 6.07) is 16.0. The molecule has 376 valence electrons. The van der Waals surface area contributed by atoms with Gasteiger partial charge in [-0.3, -0.25) is 9.59 Å². The Hall–Kier alpha value is -5.04. The van der Waals surface area contributed by atoms with Crippen LogP contribution in [0, 0.1) is 11.8 Å². The van der Waals surface area contributed by atoms with Crippen molar-refractivity contribution in [1.82, 2.24) is 29.6 Å². The molecular weight excluding hydrogens is 869 g/mol. The molecule has 2 aliphatic heterocycles. The Morgan fingerprint density at radius 3 is 1.33 bits per heavy atom. The first-order valence-electron chi connectivity index (χ1n) is 26.4. The Bertz CT molecular complexity index is 2220. The van der Waals surface area contributed by atoms with Gasteiger partial charge < -0.3 is 43.8 Å². The maximum atomic E-state index is 14.4. The zero-order chi connectivity index (χ0) is 48.7. The first-order chi connectivity index (χ1) is 33.1. The number of aromatic nitrogens is 2. The van der Waals surface area contributed by atoms with E-state index in [1.54, 1.807) is 0 Å². The second-order valence-electron chi connectivity index (χ2n) is 22.4. The molecule has 69 heavy (non-hydrogen) atoms. The van der Waals surface area contributed by atoms with Gasteiger partial charge in [-0.25, -0.2) is 9.59 Å². The molecule has 2 saturated heterocycles. The van der Waals surface area contributed by atoms with Crippen LogP contribution in [0.2, 0.25) is 0 Å². The van der Waals surface area contributed by atoms with Crippen LogP contribution < -0.4 is 10.6 Å². The summed E-state index contributed by atoms with van der Waals surface area (Å²) < 4.78 is 22.3. The van der Waals surface area contributed by atoms with Gasteiger partial charge in [-0.2, -0.15) is 0 Å². The number of carbonyl (C=O) groups excluding carboxylic acids is 4. The molecule has 0 spiro atoms. The number of rotatable bonds is 16. The van der Waals surface area contributed by atoms with Gasteiger partial charge in [0, 0.05) is 72.5 Å². The van der Waals surface area contributed by atoms with E-state index in [0.29, 0.717) is 39.4 Å². The van der Waals surface area contributed by atoms with E-state index in [9.17, 15) is 19.2 Å². The first-order valence-corrected chi connectivity index (χ1v) is 26.4.